The van der Waals surface area contributed by atoms with E-state index in [4.69, 9.17) is 14.2 Å². The highest BCUT2D eigenvalue weighted by atomic mass is 127. The van der Waals surface area contributed by atoms with Gasteiger partial charge in [0.15, 0.2) is 0 Å². The second kappa shape index (κ2) is 8.47. The maximum atomic E-state index is 12.2. The molecule has 0 unspecified atom stereocenters. The molecule has 1 amide bonds. The number of hydrogen-bond acceptors (Lipinski definition) is 4. The molecule has 0 aliphatic rings. The van der Waals surface area contributed by atoms with E-state index in [2.05, 4.69) is 27.9 Å². The summed E-state index contributed by atoms with van der Waals surface area (Å²) in [6.07, 6.45) is 0. The molecule has 0 bridgehead atoms. The van der Waals surface area contributed by atoms with E-state index < -0.39 is 0 Å². The Morgan fingerprint density at radius 1 is 1.11 bits per heavy atom. The van der Waals surface area contributed by atoms with Gasteiger partial charge in [-0.25, -0.2) is 0 Å². The second-order valence-electron chi connectivity index (χ2n) is 3.90. The molecular formula is C13H18INO4. The summed E-state index contributed by atoms with van der Waals surface area (Å²) in [6.45, 7) is 0.927. The van der Waals surface area contributed by atoms with Crippen LogP contribution in [0.2, 0.25) is 0 Å². The van der Waals surface area contributed by atoms with Crippen LogP contribution in [0.5, 0.6) is 0 Å². The quantitative estimate of drug-likeness (QED) is 0.581. The van der Waals surface area contributed by atoms with E-state index in [1.165, 1.54) is 7.11 Å². The Morgan fingerprint density at radius 3 is 2.05 bits per heavy atom. The van der Waals surface area contributed by atoms with Crippen LogP contribution in [0.25, 0.3) is 0 Å². The fourth-order valence-corrected chi connectivity index (χ4v) is 2.53. The van der Waals surface area contributed by atoms with Crippen molar-refractivity contribution in [2.45, 2.75) is 13.2 Å². The highest BCUT2D eigenvalue weighted by Gasteiger charge is 2.17. The highest BCUT2D eigenvalue weighted by Crippen LogP contribution is 2.21. The van der Waals surface area contributed by atoms with Gasteiger partial charge in [0.05, 0.1) is 18.8 Å². The summed E-state index contributed by atoms with van der Waals surface area (Å²) in [7, 11) is 4.74. The van der Waals surface area contributed by atoms with Crippen molar-refractivity contribution < 1.29 is 19.0 Å². The molecule has 0 aromatic heterocycles. The van der Waals surface area contributed by atoms with Crippen LogP contribution < -0.4 is 5.32 Å². The van der Waals surface area contributed by atoms with Gasteiger partial charge in [0.1, 0.15) is 6.73 Å². The molecule has 6 heteroatoms. The Balaban J connectivity index is 3.17. The number of rotatable bonds is 7. The SMILES string of the molecule is COCNC(=O)c1c(COC)cc(I)cc1COC. The van der Waals surface area contributed by atoms with Gasteiger partial charge < -0.3 is 19.5 Å². The second-order valence-corrected chi connectivity index (χ2v) is 5.15. The van der Waals surface area contributed by atoms with E-state index in [0.29, 0.717) is 18.8 Å². The molecule has 0 radical (unpaired) electrons. The van der Waals surface area contributed by atoms with Gasteiger partial charge in [0, 0.05) is 24.9 Å². The molecule has 1 N–H and O–H groups in total. The zero-order valence-corrected chi connectivity index (χ0v) is 13.4. The van der Waals surface area contributed by atoms with Crippen molar-refractivity contribution in [3.8, 4) is 0 Å². The Morgan fingerprint density at radius 2 is 1.63 bits per heavy atom. The summed E-state index contributed by atoms with van der Waals surface area (Å²) in [5, 5.41) is 2.69. The molecule has 0 saturated carbocycles. The zero-order chi connectivity index (χ0) is 14.3. The van der Waals surface area contributed by atoms with Crippen LogP contribution in [0.3, 0.4) is 0 Å². The number of nitrogens with one attached hydrogen (secondary N) is 1. The summed E-state index contributed by atoms with van der Waals surface area (Å²) in [5.74, 6) is -0.183. The Kier molecular flexibility index (Phi) is 7.29. The summed E-state index contributed by atoms with van der Waals surface area (Å²) in [5.41, 5.74) is 2.28. The molecule has 0 atom stereocenters. The van der Waals surface area contributed by atoms with E-state index in [1.54, 1.807) is 14.2 Å². The van der Waals surface area contributed by atoms with Crippen molar-refractivity contribution in [1.29, 1.82) is 0 Å². The van der Waals surface area contributed by atoms with Gasteiger partial charge >= 0.3 is 0 Å². The fourth-order valence-electron chi connectivity index (χ4n) is 1.78. The van der Waals surface area contributed by atoms with Crippen molar-refractivity contribution in [3.63, 3.8) is 0 Å². The third-order valence-corrected chi connectivity index (χ3v) is 3.09. The Labute approximate surface area is 126 Å². The zero-order valence-electron chi connectivity index (χ0n) is 11.3. The number of amides is 1. The van der Waals surface area contributed by atoms with Gasteiger partial charge in [-0.15, -0.1) is 0 Å². The lowest BCUT2D eigenvalue weighted by Crippen LogP contribution is -2.28. The maximum Gasteiger partial charge on any atom is 0.253 e. The first-order valence-electron chi connectivity index (χ1n) is 5.70. The van der Waals surface area contributed by atoms with Gasteiger partial charge in [-0.05, 0) is 45.9 Å². The maximum absolute atomic E-state index is 12.2. The predicted molar refractivity (Wildman–Crippen MR) is 79.9 cm³/mol. The molecule has 0 fully saturated rings. The largest absolute Gasteiger partial charge is 0.380 e. The van der Waals surface area contributed by atoms with E-state index in [9.17, 15) is 4.79 Å². The number of carbonyl (C=O) groups is 1. The third kappa shape index (κ3) is 4.72. The highest BCUT2D eigenvalue weighted by molar-refractivity contribution is 14.1. The molecule has 0 spiro atoms. The smallest absolute Gasteiger partial charge is 0.253 e. The lowest BCUT2D eigenvalue weighted by atomic mass is 10.0. The Bertz CT molecular complexity index is 410. The van der Waals surface area contributed by atoms with Gasteiger partial charge in [-0.1, -0.05) is 0 Å². The number of benzene rings is 1. The normalized spacial score (nSPS) is 10.5. The number of halogens is 1. The minimum Gasteiger partial charge on any atom is -0.380 e. The molecule has 0 aliphatic carbocycles. The topological polar surface area (TPSA) is 56.8 Å². The molecule has 106 valence electrons. The molecule has 0 saturated heterocycles. The lowest BCUT2D eigenvalue weighted by Gasteiger charge is -2.15. The molecule has 19 heavy (non-hydrogen) atoms. The number of ether oxygens (including phenoxy) is 3. The molecule has 1 aromatic rings. The van der Waals surface area contributed by atoms with Gasteiger partial charge in [-0.3, -0.25) is 4.79 Å². The number of carbonyl (C=O) groups excluding carboxylic acids is 1. The standard InChI is InChI=1S/C13H18INO4/c1-17-6-9-4-11(14)5-10(7-18-2)12(9)13(16)15-8-19-3/h4-5H,6-8H2,1-3H3,(H,15,16). The number of hydrogen-bond donors (Lipinski definition) is 1. The molecule has 1 aromatic carbocycles. The first-order chi connectivity index (χ1) is 9.13. The van der Waals surface area contributed by atoms with Crippen LogP contribution in [0, 0.1) is 3.57 Å². The third-order valence-electron chi connectivity index (χ3n) is 2.47. The van der Waals surface area contributed by atoms with Crippen molar-refractivity contribution in [2.24, 2.45) is 0 Å². The van der Waals surface area contributed by atoms with Crippen molar-refractivity contribution in [3.05, 3.63) is 32.4 Å². The number of methoxy groups -OCH3 is 3. The van der Waals surface area contributed by atoms with Crippen molar-refractivity contribution in [1.82, 2.24) is 5.32 Å². The van der Waals surface area contributed by atoms with Gasteiger partial charge in [-0.2, -0.15) is 0 Å². The van der Waals surface area contributed by atoms with E-state index in [1.807, 2.05) is 12.1 Å². The molecule has 0 heterocycles. The van der Waals surface area contributed by atoms with Crippen molar-refractivity contribution >= 4 is 28.5 Å². The predicted octanol–water partition coefficient (Wildman–Crippen LogP) is 1.92. The average Bonchev–Trinajstić information content (AvgIpc) is 2.36. The minimum absolute atomic E-state index is 0.170. The first kappa shape index (κ1) is 16.4. The fraction of sp³-hybridized carbons (Fsp3) is 0.462. The van der Waals surface area contributed by atoms with Crippen LogP contribution in [0.4, 0.5) is 0 Å². The van der Waals surface area contributed by atoms with Crippen molar-refractivity contribution in [2.75, 3.05) is 28.1 Å². The van der Waals surface area contributed by atoms with E-state index in [0.717, 1.165) is 14.7 Å². The van der Waals surface area contributed by atoms with Crippen LogP contribution in [0.15, 0.2) is 12.1 Å². The average molecular weight is 379 g/mol. The first-order valence-corrected chi connectivity index (χ1v) is 6.78. The van der Waals surface area contributed by atoms with Crippen LogP contribution >= 0.6 is 22.6 Å². The monoisotopic (exact) mass is 379 g/mol. The van der Waals surface area contributed by atoms with E-state index in [-0.39, 0.29) is 12.6 Å². The summed E-state index contributed by atoms with van der Waals surface area (Å²) < 4.78 is 16.2. The summed E-state index contributed by atoms with van der Waals surface area (Å²) in [4.78, 5) is 12.2. The van der Waals surface area contributed by atoms with Crippen LogP contribution in [-0.4, -0.2) is 34.0 Å². The molecule has 5 nitrogen and oxygen atoms in total. The minimum atomic E-state index is -0.183. The molecule has 1 rings (SSSR count). The Hall–Kier alpha value is -0.700. The van der Waals surface area contributed by atoms with Gasteiger partial charge in [0.2, 0.25) is 0 Å². The molecular weight excluding hydrogens is 361 g/mol. The van der Waals surface area contributed by atoms with Crippen LogP contribution in [-0.2, 0) is 27.4 Å². The lowest BCUT2D eigenvalue weighted by molar-refractivity contribution is 0.0862. The molecule has 0 aliphatic heterocycles. The summed E-state index contributed by atoms with van der Waals surface area (Å²) in [6, 6.07) is 3.87. The van der Waals surface area contributed by atoms with Gasteiger partial charge in [0.25, 0.3) is 5.91 Å². The van der Waals surface area contributed by atoms with E-state index >= 15 is 0 Å². The van der Waals surface area contributed by atoms with Crippen LogP contribution in [0.1, 0.15) is 21.5 Å². The summed E-state index contributed by atoms with van der Waals surface area (Å²) >= 11 is 2.21.